The van der Waals surface area contributed by atoms with Gasteiger partial charge in [-0.15, -0.1) is 0 Å². The molecule has 1 aliphatic carbocycles. The highest BCUT2D eigenvalue weighted by atomic mass is 16.2. The van der Waals surface area contributed by atoms with Crippen molar-refractivity contribution in [3.05, 3.63) is 0 Å². The molecule has 0 aromatic carbocycles. The minimum Gasteiger partial charge on any atom is -0.353 e. The second kappa shape index (κ2) is 4.94. The van der Waals surface area contributed by atoms with Gasteiger partial charge >= 0.3 is 0 Å². The van der Waals surface area contributed by atoms with E-state index in [1.165, 1.54) is 12.8 Å². The molecule has 0 heterocycles. The zero-order chi connectivity index (χ0) is 11.5. The van der Waals surface area contributed by atoms with Gasteiger partial charge in [0.1, 0.15) is 0 Å². The molecule has 1 rings (SSSR count). The molecule has 0 aromatic heterocycles. The summed E-state index contributed by atoms with van der Waals surface area (Å²) < 4.78 is 0. The highest BCUT2D eigenvalue weighted by molar-refractivity contribution is 5.85. The molecule has 0 aliphatic heterocycles. The Balaban J connectivity index is 2.27. The fourth-order valence-corrected chi connectivity index (χ4v) is 1.74. The lowest BCUT2D eigenvalue weighted by molar-refractivity contribution is -0.126. The minimum atomic E-state index is -0.752. The van der Waals surface area contributed by atoms with Gasteiger partial charge in [0, 0.05) is 12.6 Å². The summed E-state index contributed by atoms with van der Waals surface area (Å²) in [6.07, 6.45) is 4.02. The quantitative estimate of drug-likeness (QED) is 0.596. The number of carbonyl (C=O) groups is 1. The first-order valence-corrected chi connectivity index (χ1v) is 5.80. The molecule has 2 unspecified atom stereocenters. The maximum absolute atomic E-state index is 11.7. The van der Waals surface area contributed by atoms with Crippen LogP contribution in [0.1, 0.15) is 39.5 Å². The fourth-order valence-electron chi connectivity index (χ4n) is 1.74. The summed E-state index contributed by atoms with van der Waals surface area (Å²) in [5.74, 6) is 0.529. The molecule has 1 aliphatic rings. The van der Waals surface area contributed by atoms with Crippen LogP contribution < -0.4 is 16.8 Å². The molecule has 0 aromatic rings. The number of carbonyl (C=O) groups excluding carboxylic acids is 1. The maximum Gasteiger partial charge on any atom is 0.239 e. The summed E-state index contributed by atoms with van der Waals surface area (Å²) in [6, 6.07) is 0.103. The van der Waals surface area contributed by atoms with E-state index in [4.69, 9.17) is 11.5 Å². The molecular formula is C11H23N3O. The van der Waals surface area contributed by atoms with Gasteiger partial charge in [0.25, 0.3) is 0 Å². The van der Waals surface area contributed by atoms with Crippen LogP contribution in [-0.4, -0.2) is 24.0 Å². The molecule has 4 heteroatoms. The van der Waals surface area contributed by atoms with Crippen molar-refractivity contribution in [3.8, 4) is 0 Å². The Morgan fingerprint density at radius 1 is 1.60 bits per heavy atom. The number of amides is 1. The van der Waals surface area contributed by atoms with E-state index < -0.39 is 5.54 Å². The standard InChI is InChI=1S/C11H23N3O/c1-3-6-11(2,13)10(15)14-7-9(12)8-4-5-8/h8-9H,3-7,12-13H2,1-2H3,(H,14,15). The van der Waals surface area contributed by atoms with Crippen molar-refractivity contribution in [1.82, 2.24) is 5.32 Å². The van der Waals surface area contributed by atoms with Crippen molar-refractivity contribution < 1.29 is 4.79 Å². The monoisotopic (exact) mass is 213 g/mol. The van der Waals surface area contributed by atoms with Crippen LogP contribution in [0, 0.1) is 5.92 Å². The highest BCUT2D eigenvalue weighted by Crippen LogP contribution is 2.31. The molecule has 15 heavy (non-hydrogen) atoms. The first-order chi connectivity index (χ1) is 6.97. The second-order valence-corrected chi connectivity index (χ2v) is 4.88. The molecule has 0 spiro atoms. The van der Waals surface area contributed by atoms with E-state index in [0.717, 1.165) is 6.42 Å². The van der Waals surface area contributed by atoms with Crippen molar-refractivity contribution in [1.29, 1.82) is 0 Å². The summed E-state index contributed by atoms with van der Waals surface area (Å²) in [5.41, 5.74) is 11.0. The Bertz CT molecular complexity index is 224. The lowest BCUT2D eigenvalue weighted by Crippen LogP contribution is -2.53. The van der Waals surface area contributed by atoms with Crippen molar-refractivity contribution in [2.75, 3.05) is 6.54 Å². The second-order valence-electron chi connectivity index (χ2n) is 4.88. The van der Waals surface area contributed by atoms with E-state index in [1.807, 2.05) is 6.92 Å². The first-order valence-electron chi connectivity index (χ1n) is 5.80. The summed E-state index contributed by atoms with van der Waals surface area (Å²) >= 11 is 0. The predicted octanol–water partition coefficient (Wildman–Crippen LogP) is 0.357. The van der Waals surface area contributed by atoms with Gasteiger partial charge in [-0.05, 0) is 32.1 Å². The Morgan fingerprint density at radius 3 is 2.67 bits per heavy atom. The Hall–Kier alpha value is -0.610. The normalized spacial score (nSPS) is 21.9. The fraction of sp³-hybridized carbons (Fsp3) is 0.909. The molecule has 0 radical (unpaired) electrons. The van der Waals surface area contributed by atoms with Gasteiger partial charge in [-0.3, -0.25) is 4.79 Å². The average Bonchev–Trinajstić information content (AvgIpc) is 2.96. The third kappa shape index (κ3) is 3.80. The molecule has 1 fully saturated rings. The summed E-state index contributed by atoms with van der Waals surface area (Å²) in [7, 11) is 0. The average molecular weight is 213 g/mol. The molecular weight excluding hydrogens is 190 g/mol. The SMILES string of the molecule is CCCC(C)(N)C(=O)NCC(N)C1CC1. The molecule has 0 bridgehead atoms. The van der Waals surface area contributed by atoms with Crippen LogP contribution in [0.3, 0.4) is 0 Å². The van der Waals surface area contributed by atoms with Crippen LogP contribution in [0.25, 0.3) is 0 Å². The third-order valence-corrected chi connectivity index (χ3v) is 3.01. The number of hydrogen-bond acceptors (Lipinski definition) is 3. The maximum atomic E-state index is 11.7. The van der Waals surface area contributed by atoms with E-state index in [0.29, 0.717) is 18.9 Å². The summed E-state index contributed by atoms with van der Waals surface area (Å²) in [6.45, 7) is 4.35. The topological polar surface area (TPSA) is 81.1 Å². The zero-order valence-electron chi connectivity index (χ0n) is 9.75. The van der Waals surface area contributed by atoms with Crippen LogP contribution in [-0.2, 0) is 4.79 Å². The van der Waals surface area contributed by atoms with E-state index in [1.54, 1.807) is 6.92 Å². The van der Waals surface area contributed by atoms with Gasteiger partial charge in [0.05, 0.1) is 5.54 Å². The lowest BCUT2D eigenvalue weighted by atomic mass is 9.96. The van der Waals surface area contributed by atoms with Gasteiger partial charge in [-0.2, -0.15) is 0 Å². The minimum absolute atomic E-state index is 0.0829. The molecule has 1 saturated carbocycles. The van der Waals surface area contributed by atoms with Gasteiger partial charge in [0.15, 0.2) is 0 Å². The Morgan fingerprint density at radius 2 is 2.20 bits per heavy atom. The van der Waals surface area contributed by atoms with Crippen molar-refractivity contribution in [3.63, 3.8) is 0 Å². The van der Waals surface area contributed by atoms with Crippen LogP contribution in [0.2, 0.25) is 0 Å². The summed E-state index contributed by atoms with van der Waals surface area (Å²) in [4.78, 5) is 11.7. The third-order valence-electron chi connectivity index (χ3n) is 3.01. The van der Waals surface area contributed by atoms with E-state index in [-0.39, 0.29) is 11.9 Å². The van der Waals surface area contributed by atoms with Crippen molar-refractivity contribution in [2.24, 2.45) is 17.4 Å². The van der Waals surface area contributed by atoms with Crippen LogP contribution in [0.15, 0.2) is 0 Å². The molecule has 5 N–H and O–H groups in total. The number of nitrogens with one attached hydrogen (secondary N) is 1. The highest BCUT2D eigenvalue weighted by Gasteiger charge is 2.31. The first kappa shape index (κ1) is 12.5. The smallest absolute Gasteiger partial charge is 0.239 e. The number of rotatable bonds is 6. The van der Waals surface area contributed by atoms with Gasteiger partial charge < -0.3 is 16.8 Å². The van der Waals surface area contributed by atoms with E-state index in [2.05, 4.69) is 5.32 Å². The van der Waals surface area contributed by atoms with Gasteiger partial charge in [0.2, 0.25) is 5.91 Å². The molecule has 4 nitrogen and oxygen atoms in total. The molecule has 0 saturated heterocycles. The van der Waals surface area contributed by atoms with Crippen LogP contribution >= 0.6 is 0 Å². The predicted molar refractivity (Wildman–Crippen MR) is 61.2 cm³/mol. The number of nitrogens with two attached hydrogens (primary N) is 2. The lowest BCUT2D eigenvalue weighted by Gasteiger charge is -2.24. The largest absolute Gasteiger partial charge is 0.353 e. The molecule has 2 atom stereocenters. The molecule has 88 valence electrons. The van der Waals surface area contributed by atoms with Crippen LogP contribution in [0.4, 0.5) is 0 Å². The van der Waals surface area contributed by atoms with Crippen LogP contribution in [0.5, 0.6) is 0 Å². The Kier molecular flexibility index (Phi) is 4.11. The van der Waals surface area contributed by atoms with Crippen molar-refractivity contribution >= 4 is 5.91 Å². The molecule has 1 amide bonds. The Labute approximate surface area is 91.8 Å². The number of hydrogen-bond donors (Lipinski definition) is 3. The van der Waals surface area contributed by atoms with Crippen molar-refractivity contribution in [2.45, 2.75) is 51.1 Å². The van der Waals surface area contributed by atoms with Gasteiger partial charge in [-0.25, -0.2) is 0 Å². The van der Waals surface area contributed by atoms with Gasteiger partial charge in [-0.1, -0.05) is 13.3 Å². The zero-order valence-corrected chi connectivity index (χ0v) is 9.75. The van der Waals surface area contributed by atoms with E-state index >= 15 is 0 Å². The van der Waals surface area contributed by atoms with E-state index in [9.17, 15) is 4.79 Å². The summed E-state index contributed by atoms with van der Waals surface area (Å²) in [5, 5.41) is 2.84.